The number of rotatable bonds is 3. The zero-order valence-corrected chi connectivity index (χ0v) is 15.2. The van der Waals surface area contributed by atoms with E-state index in [1.807, 2.05) is 43.3 Å². The Hall–Kier alpha value is -3.56. The van der Waals surface area contributed by atoms with Crippen molar-refractivity contribution >= 4 is 33.3 Å². The second kappa shape index (κ2) is 6.98. The van der Waals surface area contributed by atoms with Crippen LogP contribution in [0.1, 0.15) is 21.5 Å². The molecule has 4 rings (SSSR count). The predicted molar refractivity (Wildman–Crippen MR) is 107 cm³/mol. The summed E-state index contributed by atoms with van der Waals surface area (Å²) >= 11 is 1.52. The molecule has 130 valence electrons. The van der Waals surface area contributed by atoms with E-state index in [1.54, 1.807) is 30.5 Å². The molecular formula is C21H14N4OS. The molecule has 0 fully saturated rings. The number of nitriles is 1. The summed E-state index contributed by atoms with van der Waals surface area (Å²) < 4.78 is 0. The normalized spacial score (nSPS) is 10.5. The molecule has 27 heavy (non-hydrogen) atoms. The molecular weight excluding hydrogens is 356 g/mol. The summed E-state index contributed by atoms with van der Waals surface area (Å²) in [5, 5.41) is 12.8. The van der Waals surface area contributed by atoms with Gasteiger partial charge < -0.3 is 5.32 Å². The topological polar surface area (TPSA) is 78.7 Å². The highest BCUT2D eigenvalue weighted by Crippen LogP contribution is 2.33. The van der Waals surface area contributed by atoms with E-state index in [9.17, 15) is 4.79 Å². The number of pyridine rings is 1. The van der Waals surface area contributed by atoms with Gasteiger partial charge in [-0.05, 0) is 48.9 Å². The second-order valence-electron chi connectivity index (χ2n) is 5.97. The quantitative estimate of drug-likeness (QED) is 0.562. The molecule has 2 aromatic heterocycles. The van der Waals surface area contributed by atoms with Crippen LogP contribution in [-0.2, 0) is 0 Å². The summed E-state index contributed by atoms with van der Waals surface area (Å²) in [6.07, 6.45) is 1.75. The van der Waals surface area contributed by atoms with Crippen LogP contribution in [0.4, 0.5) is 5.69 Å². The van der Waals surface area contributed by atoms with Gasteiger partial charge in [-0.1, -0.05) is 29.5 Å². The predicted octanol–water partition coefficient (Wildman–Crippen LogP) is 4.79. The zero-order valence-electron chi connectivity index (χ0n) is 14.4. The summed E-state index contributed by atoms with van der Waals surface area (Å²) in [6, 6.07) is 18.2. The first kappa shape index (κ1) is 16.9. The lowest BCUT2D eigenvalue weighted by molar-refractivity contribution is 0.102. The molecule has 1 N–H and O–H groups in total. The molecule has 0 radical (unpaired) electrons. The molecule has 0 bridgehead atoms. The fourth-order valence-electron chi connectivity index (χ4n) is 2.81. The van der Waals surface area contributed by atoms with E-state index in [1.165, 1.54) is 11.3 Å². The van der Waals surface area contributed by atoms with Gasteiger partial charge in [-0.25, -0.2) is 9.97 Å². The highest BCUT2D eigenvalue weighted by atomic mass is 32.1. The molecule has 0 saturated carbocycles. The lowest BCUT2D eigenvalue weighted by atomic mass is 10.1. The number of aromatic nitrogens is 2. The summed E-state index contributed by atoms with van der Waals surface area (Å²) in [5.41, 5.74) is 4.37. The number of carbonyl (C=O) groups excluding carboxylic acids is 1. The minimum Gasteiger partial charge on any atom is -0.322 e. The number of anilines is 1. The smallest absolute Gasteiger partial charge is 0.255 e. The number of carbonyl (C=O) groups is 1. The number of hydrogen-bond acceptors (Lipinski definition) is 5. The number of nitrogens with zero attached hydrogens (tertiary/aromatic N) is 3. The van der Waals surface area contributed by atoms with Crippen molar-refractivity contribution in [3.05, 3.63) is 77.5 Å². The molecule has 0 unspecified atom stereocenters. The average molecular weight is 370 g/mol. The molecule has 2 aromatic carbocycles. The standard InChI is InChI=1S/C21H14N4OS/c1-13-16(20-25-18-9-4-10-23-21(18)27-20)7-3-8-17(13)24-19(26)15-6-2-5-14(11-15)12-22/h2-11H,1H3,(H,24,26). The number of hydrogen-bond donors (Lipinski definition) is 1. The van der Waals surface area contributed by atoms with Gasteiger partial charge >= 0.3 is 0 Å². The summed E-state index contributed by atoms with van der Waals surface area (Å²) in [6.45, 7) is 1.95. The Kier molecular flexibility index (Phi) is 4.37. The van der Waals surface area contributed by atoms with E-state index in [-0.39, 0.29) is 5.91 Å². The van der Waals surface area contributed by atoms with Crippen LogP contribution in [0.3, 0.4) is 0 Å². The maximum Gasteiger partial charge on any atom is 0.255 e. The number of nitrogens with one attached hydrogen (secondary N) is 1. The van der Waals surface area contributed by atoms with Crippen LogP contribution in [0.2, 0.25) is 0 Å². The van der Waals surface area contributed by atoms with Crippen molar-refractivity contribution in [1.29, 1.82) is 5.26 Å². The number of benzene rings is 2. The molecule has 0 aliphatic carbocycles. The van der Waals surface area contributed by atoms with Crippen molar-refractivity contribution in [3.63, 3.8) is 0 Å². The van der Waals surface area contributed by atoms with Crippen molar-refractivity contribution in [2.45, 2.75) is 6.92 Å². The first-order valence-electron chi connectivity index (χ1n) is 8.29. The van der Waals surface area contributed by atoms with Crippen LogP contribution >= 0.6 is 11.3 Å². The molecule has 0 saturated heterocycles. The van der Waals surface area contributed by atoms with Gasteiger partial charge in [0.2, 0.25) is 0 Å². The third-order valence-electron chi connectivity index (χ3n) is 4.23. The molecule has 4 aromatic rings. The third kappa shape index (κ3) is 3.28. The molecule has 1 amide bonds. The average Bonchev–Trinajstić information content (AvgIpc) is 3.13. The van der Waals surface area contributed by atoms with Crippen molar-refractivity contribution in [1.82, 2.24) is 9.97 Å². The summed E-state index contributed by atoms with van der Waals surface area (Å²) in [5.74, 6) is -0.252. The Morgan fingerprint density at radius 3 is 2.81 bits per heavy atom. The molecule has 2 heterocycles. The van der Waals surface area contributed by atoms with Crippen LogP contribution in [0.15, 0.2) is 60.8 Å². The minimum atomic E-state index is -0.252. The number of thiazole rings is 1. The lowest BCUT2D eigenvalue weighted by Gasteiger charge is -2.11. The second-order valence-corrected chi connectivity index (χ2v) is 6.95. The van der Waals surface area contributed by atoms with Gasteiger partial charge in [0.1, 0.15) is 15.4 Å². The van der Waals surface area contributed by atoms with E-state index in [0.717, 1.165) is 26.5 Å². The van der Waals surface area contributed by atoms with Crippen molar-refractivity contribution < 1.29 is 4.79 Å². The first-order chi connectivity index (χ1) is 13.2. The fourth-order valence-corrected chi connectivity index (χ4v) is 3.80. The van der Waals surface area contributed by atoms with Crippen LogP contribution in [0.5, 0.6) is 0 Å². The maximum atomic E-state index is 12.6. The van der Waals surface area contributed by atoms with Crippen LogP contribution in [-0.4, -0.2) is 15.9 Å². The van der Waals surface area contributed by atoms with Gasteiger partial charge in [-0.2, -0.15) is 5.26 Å². The van der Waals surface area contributed by atoms with Gasteiger partial charge in [0.25, 0.3) is 5.91 Å². The summed E-state index contributed by atoms with van der Waals surface area (Å²) in [7, 11) is 0. The molecule has 0 aliphatic heterocycles. The Bertz CT molecular complexity index is 1170. The fraction of sp³-hybridized carbons (Fsp3) is 0.0476. The Morgan fingerprint density at radius 1 is 1.15 bits per heavy atom. The third-order valence-corrected chi connectivity index (χ3v) is 5.25. The van der Waals surface area contributed by atoms with E-state index in [4.69, 9.17) is 5.26 Å². The molecule has 6 heteroatoms. The van der Waals surface area contributed by atoms with Crippen LogP contribution in [0.25, 0.3) is 20.9 Å². The van der Waals surface area contributed by atoms with Crippen molar-refractivity contribution in [2.75, 3.05) is 5.32 Å². The van der Waals surface area contributed by atoms with Crippen molar-refractivity contribution in [2.24, 2.45) is 0 Å². The van der Waals surface area contributed by atoms with Gasteiger partial charge in [0.05, 0.1) is 11.6 Å². The summed E-state index contributed by atoms with van der Waals surface area (Å²) in [4.78, 5) is 22.5. The largest absolute Gasteiger partial charge is 0.322 e. The molecule has 0 atom stereocenters. The van der Waals surface area contributed by atoms with Gasteiger partial charge in [-0.3, -0.25) is 4.79 Å². The van der Waals surface area contributed by atoms with Crippen LogP contribution in [0, 0.1) is 18.3 Å². The lowest BCUT2D eigenvalue weighted by Crippen LogP contribution is -2.13. The molecule has 5 nitrogen and oxygen atoms in total. The molecule has 0 spiro atoms. The maximum absolute atomic E-state index is 12.6. The Balaban J connectivity index is 1.67. The molecule has 0 aliphatic rings. The highest BCUT2D eigenvalue weighted by Gasteiger charge is 2.14. The SMILES string of the molecule is Cc1c(NC(=O)c2cccc(C#N)c2)cccc1-c1nc2cccnc2s1. The van der Waals surface area contributed by atoms with Gasteiger partial charge in [-0.15, -0.1) is 0 Å². The van der Waals surface area contributed by atoms with Crippen molar-refractivity contribution in [3.8, 4) is 16.6 Å². The number of fused-ring (bicyclic) bond motifs is 1. The Labute approximate surface area is 160 Å². The Morgan fingerprint density at radius 2 is 2.00 bits per heavy atom. The monoisotopic (exact) mass is 370 g/mol. The van der Waals surface area contributed by atoms with E-state index >= 15 is 0 Å². The highest BCUT2D eigenvalue weighted by molar-refractivity contribution is 7.21. The zero-order chi connectivity index (χ0) is 18.8. The van der Waals surface area contributed by atoms with E-state index in [0.29, 0.717) is 16.8 Å². The van der Waals surface area contributed by atoms with Gasteiger partial charge in [0.15, 0.2) is 0 Å². The van der Waals surface area contributed by atoms with Gasteiger partial charge in [0, 0.05) is 23.0 Å². The van der Waals surface area contributed by atoms with E-state index < -0.39 is 0 Å². The van der Waals surface area contributed by atoms with Crippen LogP contribution < -0.4 is 5.32 Å². The first-order valence-corrected chi connectivity index (χ1v) is 9.10. The number of amides is 1. The van der Waals surface area contributed by atoms with E-state index in [2.05, 4.69) is 15.3 Å². The minimum absolute atomic E-state index is 0.252.